The smallest absolute Gasteiger partial charge is 0.371 e. The molecular formula is C12H19NO6S. The van der Waals surface area contributed by atoms with E-state index >= 15 is 0 Å². The highest BCUT2D eigenvalue weighted by molar-refractivity contribution is 7.89. The minimum atomic E-state index is -3.87. The quantitative estimate of drug-likeness (QED) is 0.628. The number of hydrogen-bond donors (Lipinski definition) is 3. The van der Waals surface area contributed by atoms with Gasteiger partial charge in [-0.3, -0.25) is 0 Å². The van der Waals surface area contributed by atoms with E-state index in [1.807, 2.05) is 6.92 Å². The Hall–Kier alpha value is -1.38. The molecule has 0 aromatic carbocycles. The van der Waals surface area contributed by atoms with Gasteiger partial charge in [0.2, 0.25) is 10.9 Å². The predicted molar refractivity (Wildman–Crippen MR) is 71.0 cm³/mol. The van der Waals surface area contributed by atoms with Crippen LogP contribution in [0.2, 0.25) is 0 Å². The molecule has 7 nitrogen and oxygen atoms in total. The van der Waals surface area contributed by atoms with Gasteiger partial charge in [0.25, 0.3) is 10.0 Å². The Bertz CT molecular complexity index is 530. The third-order valence-electron chi connectivity index (χ3n) is 2.85. The minimum absolute atomic E-state index is 0.00366. The number of carboxylic acids is 1. The van der Waals surface area contributed by atoms with E-state index in [1.165, 1.54) is 0 Å². The Morgan fingerprint density at radius 3 is 2.60 bits per heavy atom. The summed E-state index contributed by atoms with van der Waals surface area (Å²) in [5.41, 5.74) is 0. The van der Waals surface area contributed by atoms with Crippen LogP contribution < -0.4 is 4.72 Å². The van der Waals surface area contributed by atoms with Crippen LogP contribution in [0.4, 0.5) is 0 Å². The van der Waals surface area contributed by atoms with Gasteiger partial charge in [0.05, 0.1) is 0 Å². The van der Waals surface area contributed by atoms with Crippen molar-refractivity contribution in [2.24, 2.45) is 5.92 Å². The monoisotopic (exact) mass is 305 g/mol. The summed E-state index contributed by atoms with van der Waals surface area (Å²) in [6, 6.07) is 2.20. The standard InChI is InChI=1S/C12H19NO6S/c1-2-3-9(6-7-14)8-13-20(17,18)11-5-4-10(19-11)12(15)16/h4-5,9,13-14H,2-3,6-8H2,1H3,(H,15,16). The zero-order chi connectivity index (χ0) is 15.2. The van der Waals surface area contributed by atoms with Gasteiger partial charge in [-0.1, -0.05) is 13.3 Å². The number of sulfonamides is 1. The zero-order valence-electron chi connectivity index (χ0n) is 11.2. The lowest BCUT2D eigenvalue weighted by atomic mass is 10.0. The lowest BCUT2D eigenvalue weighted by Crippen LogP contribution is -2.29. The molecule has 0 aliphatic carbocycles. The average molecular weight is 305 g/mol. The second-order valence-corrected chi connectivity index (χ2v) is 6.14. The molecule has 1 heterocycles. The Labute approximate surface area is 117 Å². The predicted octanol–water partition coefficient (Wildman–Crippen LogP) is 1.05. The molecule has 0 saturated carbocycles. The van der Waals surface area contributed by atoms with Crippen LogP contribution in [-0.4, -0.2) is 37.8 Å². The molecule has 1 unspecified atom stereocenters. The Morgan fingerprint density at radius 2 is 2.10 bits per heavy atom. The van der Waals surface area contributed by atoms with E-state index in [1.54, 1.807) is 0 Å². The molecule has 20 heavy (non-hydrogen) atoms. The fourth-order valence-electron chi connectivity index (χ4n) is 1.82. The summed E-state index contributed by atoms with van der Waals surface area (Å²) >= 11 is 0. The molecule has 0 radical (unpaired) electrons. The highest BCUT2D eigenvalue weighted by Crippen LogP contribution is 2.15. The summed E-state index contributed by atoms with van der Waals surface area (Å²) in [5, 5.41) is 17.2. The van der Waals surface area contributed by atoms with Gasteiger partial charge in [0.1, 0.15) is 0 Å². The highest BCUT2D eigenvalue weighted by Gasteiger charge is 2.22. The van der Waals surface area contributed by atoms with Crippen LogP contribution in [0.3, 0.4) is 0 Å². The van der Waals surface area contributed by atoms with Gasteiger partial charge >= 0.3 is 5.97 Å². The van der Waals surface area contributed by atoms with E-state index in [4.69, 9.17) is 14.6 Å². The summed E-state index contributed by atoms with van der Waals surface area (Å²) in [6.07, 6.45) is 2.19. The second kappa shape index (κ2) is 7.41. The fraction of sp³-hybridized carbons (Fsp3) is 0.583. The van der Waals surface area contributed by atoms with Crippen molar-refractivity contribution < 1.29 is 27.8 Å². The number of carbonyl (C=O) groups is 1. The molecule has 0 aliphatic heterocycles. The first kappa shape index (κ1) is 16.7. The van der Waals surface area contributed by atoms with E-state index in [2.05, 4.69) is 4.72 Å². The number of aliphatic hydroxyl groups excluding tert-OH is 1. The maximum atomic E-state index is 11.9. The topological polar surface area (TPSA) is 117 Å². The zero-order valence-corrected chi connectivity index (χ0v) is 12.0. The van der Waals surface area contributed by atoms with Crippen molar-refractivity contribution in [1.82, 2.24) is 4.72 Å². The van der Waals surface area contributed by atoms with Crippen LogP contribution in [0.5, 0.6) is 0 Å². The van der Waals surface area contributed by atoms with Crippen molar-refractivity contribution in [1.29, 1.82) is 0 Å². The van der Waals surface area contributed by atoms with E-state index in [9.17, 15) is 13.2 Å². The first-order valence-electron chi connectivity index (χ1n) is 6.34. The SMILES string of the molecule is CCCC(CCO)CNS(=O)(=O)c1ccc(C(=O)O)o1. The van der Waals surface area contributed by atoms with Gasteiger partial charge in [-0.05, 0) is 30.9 Å². The fourth-order valence-corrected chi connectivity index (χ4v) is 2.86. The first-order chi connectivity index (χ1) is 9.40. The summed E-state index contributed by atoms with van der Waals surface area (Å²) in [4.78, 5) is 10.6. The molecule has 0 amide bonds. The molecule has 0 aliphatic rings. The van der Waals surface area contributed by atoms with E-state index in [0.29, 0.717) is 6.42 Å². The number of carboxylic acid groups (broad SMARTS) is 1. The third-order valence-corrected chi connectivity index (χ3v) is 4.15. The molecule has 0 saturated heterocycles. The minimum Gasteiger partial charge on any atom is -0.475 e. The van der Waals surface area contributed by atoms with Crippen LogP contribution >= 0.6 is 0 Å². The molecule has 3 N–H and O–H groups in total. The normalized spacial score (nSPS) is 13.3. The molecule has 114 valence electrons. The van der Waals surface area contributed by atoms with Crippen molar-refractivity contribution >= 4 is 16.0 Å². The molecule has 0 spiro atoms. The first-order valence-corrected chi connectivity index (χ1v) is 7.82. The van der Waals surface area contributed by atoms with Crippen molar-refractivity contribution in [2.75, 3.05) is 13.2 Å². The lowest BCUT2D eigenvalue weighted by Gasteiger charge is -2.14. The van der Waals surface area contributed by atoms with Crippen molar-refractivity contribution in [3.8, 4) is 0 Å². The highest BCUT2D eigenvalue weighted by atomic mass is 32.2. The Kier molecular flexibility index (Phi) is 6.18. The average Bonchev–Trinajstić information content (AvgIpc) is 2.87. The summed E-state index contributed by atoms with van der Waals surface area (Å²) in [7, 11) is -3.87. The molecule has 1 atom stereocenters. The maximum Gasteiger partial charge on any atom is 0.371 e. The maximum absolute atomic E-state index is 11.9. The van der Waals surface area contributed by atoms with Gasteiger partial charge in [-0.25, -0.2) is 17.9 Å². The molecule has 1 aromatic heterocycles. The number of rotatable bonds is 9. The molecular weight excluding hydrogens is 286 g/mol. The molecule has 1 aromatic rings. The van der Waals surface area contributed by atoms with Crippen molar-refractivity contribution in [3.05, 3.63) is 17.9 Å². The number of hydrogen-bond acceptors (Lipinski definition) is 5. The van der Waals surface area contributed by atoms with Gasteiger partial charge in [-0.15, -0.1) is 0 Å². The molecule has 0 fully saturated rings. The molecule has 8 heteroatoms. The number of furan rings is 1. The third kappa shape index (κ3) is 4.62. The van der Waals surface area contributed by atoms with Gasteiger partial charge < -0.3 is 14.6 Å². The molecule has 1 rings (SSSR count). The summed E-state index contributed by atoms with van der Waals surface area (Å²) in [6.45, 7) is 2.15. The van der Waals surface area contributed by atoms with Gasteiger partial charge in [0, 0.05) is 13.2 Å². The van der Waals surface area contributed by atoms with E-state index < -0.39 is 26.8 Å². The van der Waals surface area contributed by atoms with Crippen LogP contribution in [0.25, 0.3) is 0 Å². The number of aliphatic hydroxyl groups is 1. The van der Waals surface area contributed by atoms with Crippen LogP contribution in [-0.2, 0) is 10.0 Å². The summed E-state index contributed by atoms with van der Waals surface area (Å²) < 4.78 is 31.0. The van der Waals surface area contributed by atoms with Gasteiger partial charge in [0.15, 0.2) is 0 Å². The van der Waals surface area contributed by atoms with E-state index in [0.717, 1.165) is 25.0 Å². The van der Waals surface area contributed by atoms with Crippen LogP contribution in [0, 0.1) is 5.92 Å². The number of aromatic carboxylic acids is 1. The van der Waals surface area contributed by atoms with Crippen molar-refractivity contribution in [3.63, 3.8) is 0 Å². The van der Waals surface area contributed by atoms with Crippen molar-refractivity contribution in [2.45, 2.75) is 31.3 Å². The Morgan fingerprint density at radius 1 is 1.40 bits per heavy atom. The lowest BCUT2D eigenvalue weighted by molar-refractivity contribution is 0.0656. The summed E-state index contributed by atoms with van der Waals surface area (Å²) in [5.74, 6) is -1.71. The van der Waals surface area contributed by atoms with E-state index in [-0.39, 0.29) is 19.1 Å². The Balaban J connectivity index is 2.70. The van der Waals surface area contributed by atoms with Crippen LogP contribution in [0.15, 0.2) is 21.6 Å². The second-order valence-electron chi connectivity index (χ2n) is 4.44. The largest absolute Gasteiger partial charge is 0.475 e. The molecule has 0 bridgehead atoms. The number of nitrogens with one attached hydrogen (secondary N) is 1. The van der Waals surface area contributed by atoms with Crippen LogP contribution in [0.1, 0.15) is 36.7 Å². The van der Waals surface area contributed by atoms with Gasteiger partial charge in [-0.2, -0.15) is 0 Å².